The van der Waals surface area contributed by atoms with E-state index in [-0.39, 0.29) is 5.92 Å². The molecule has 0 aromatic carbocycles. The summed E-state index contributed by atoms with van der Waals surface area (Å²) in [5.74, 6) is 0.383. The predicted molar refractivity (Wildman–Crippen MR) is 63.5 cm³/mol. The second kappa shape index (κ2) is 5.21. The van der Waals surface area contributed by atoms with E-state index in [2.05, 4.69) is 23.3 Å². The van der Waals surface area contributed by atoms with Crippen LogP contribution in [-0.2, 0) is 11.2 Å². The van der Waals surface area contributed by atoms with Gasteiger partial charge in [0.25, 0.3) is 0 Å². The van der Waals surface area contributed by atoms with Gasteiger partial charge >= 0.3 is 0 Å². The summed E-state index contributed by atoms with van der Waals surface area (Å²) in [6.07, 6.45) is 4.35. The third-order valence-corrected chi connectivity index (χ3v) is 3.15. The first kappa shape index (κ1) is 11.3. The summed E-state index contributed by atoms with van der Waals surface area (Å²) in [7, 11) is 0. The Morgan fingerprint density at radius 3 is 3.31 bits per heavy atom. The lowest BCUT2D eigenvalue weighted by molar-refractivity contribution is -0.120. The van der Waals surface area contributed by atoms with Gasteiger partial charge in [0.05, 0.1) is 11.6 Å². The molecule has 1 unspecified atom stereocenters. The van der Waals surface area contributed by atoms with E-state index in [1.807, 2.05) is 6.07 Å². The van der Waals surface area contributed by atoms with Crippen LogP contribution in [0.2, 0.25) is 0 Å². The number of pyridine rings is 1. The Hall–Kier alpha value is -1.22. The third kappa shape index (κ3) is 2.30. The number of hydrogen-bond donors (Lipinski definition) is 1. The summed E-state index contributed by atoms with van der Waals surface area (Å²) >= 11 is 0. The molecule has 1 aromatic heterocycles. The van der Waals surface area contributed by atoms with E-state index in [1.165, 1.54) is 5.56 Å². The Kier molecular flexibility index (Phi) is 3.67. The molecular weight excluding hydrogens is 200 g/mol. The Bertz CT molecular complexity index is 376. The minimum absolute atomic E-state index is 0.0508. The maximum absolute atomic E-state index is 12.0. The molecule has 3 heteroatoms. The molecule has 1 aliphatic carbocycles. The first-order chi connectivity index (χ1) is 7.83. The predicted octanol–water partition coefficient (Wildman–Crippen LogP) is 1.68. The zero-order chi connectivity index (χ0) is 11.4. The summed E-state index contributed by atoms with van der Waals surface area (Å²) in [6.45, 7) is 3.76. The number of carbonyl (C=O) groups is 1. The lowest BCUT2D eigenvalue weighted by Gasteiger charge is -2.09. The maximum atomic E-state index is 12.0. The standard InChI is InChI=1S/C13H18N2O/c1-2-14-9-7-12(16)11-6-5-10-4-3-8-15-13(10)11/h3-4,8,11,14H,2,5-7,9H2,1H3. The Morgan fingerprint density at radius 1 is 1.62 bits per heavy atom. The molecule has 0 spiro atoms. The molecule has 0 fully saturated rings. The molecule has 16 heavy (non-hydrogen) atoms. The van der Waals surface area contributed by atoms with Gasteiger partial charge < -0.3 is 5.32 Å². The van der Waals surface area contributed by atoms with E-state index in [1.54, 1.807) is 6.20 Å². The number of fused-ring (bicyclic) bond motifs is 1. The Labute approximate surface area is 96.3 Å². The number of hydrogen-bond acceptors (Lipinski definition) is 3. The fraction of sp³-hybridized carbons (Fsp3) is 0.538. The molecular formula is C13H18N2O. The van der Waals surface area contributed by atoms with Gasteiger partial charge in [-0.3, -0.25) is 9.78 Å². The van der Waals surface area contributed by atoms with Gasteiger partial charge in [-0.2, -0.15) is 0 Å². The molecule has 2 rings (SSSR count). The van der Waals surface area contributed by atoms with Gasteiger partial charge in [0.15, 0.2) is 0 Å². The Balaban J connectivity index is 1.99. The summed E-state index contributed by atoms with van der Waals surface area (Å²) in [4.78, 5) is 16.4. The number of rotatable bonds is 5. The number of Topliss-reactive ketones (excluding diaryl/α,β-unsaturated/α-hetero) is 1. The van der Waals surface area contributed by atoms with Gasteiger partial charge in [0.1, 0.15) is 5.78 Å². The van der Waals surface area contributed by atoms with Crippen molar-refractivity contribution in [1.29, 1.82) is 0 Å². The quantitative estimate of drug-likeness (QED) is 0.765. The van der Waals surface area contributed by atoms with Crippen LogP contribution in [0.3, 0.4) is 0 Å². The molecule has 1 aromatic rings. The van der Waals surface area contributed by atoms with Gasteiger partial charge in [0, 0.05) is 19.2 Å². The molecule has 1 atom stereocenters. The van der Waals surface area contributed by atoms with Crippen molar-refractivity contribution in [2.75, 3.05) is 13.1 Å². The molecule has 0 bridgehead atoms. The second-order valence-electron chi connectivity index (χ2n) is 4.21. The average Bonchev–Trinajstić information content (AvgIpc) is 2.73. The van der Waals surface area contributed by atoms with Crippen molar-refractivity contribution >= 4 is 5.78 Å². The van der Waals surface area contributed by atoms with E-state index < -0.39 is 0 Å². The highest BCUT2D eigenvalue weighted by atomic mass is 16.1. The van der Waals surface area contributed by atoms with Crippen molar-refractivity contribution in [3.8, 4) is 0 Å². The van der Waals surface area contributed by atoms with Crippen molar-refractivity contribution in [2.24, 2.45) is 0 Å². The highest BCUT2D eigenvalue weighted by Gasteiger charge is 2.28. The van der Waals surface area contributed by atoms with Crippen molar-refractivity contribution in [3.63, 3.8) is 0 Å². The monoisotopic (exact) mass is 218 g/mol. The number of aryl methyl sites for hydroxylation is 1. The highest BCUT2D eigenvalue weighted by molar-refractivity contribution is 5.86. The fourth-order valence-corrected chi connectivity index (χ4v) is 2.29. The highest BCUT2D eigenvalue weighted by Crippen LogP contribution is 2.32. The van der Waals surface area contributed by atoms with Crippen LogP contribution in [0.25, 0.3) is 0 Å². The molecule has 0 saturated heterocycles. The molecule has 3 nitrogen and oxygen atoms in total. The van der Waals surface area contributed by atoms with E-state index in [9.17, 15) is 4.79 Å². The van der Waals surface area contributed by atoms with Crippen LogP contribution in [0.1, 0.15) is 36.9 Å². The topological polar surface area (TPSA) is 42.0 Å². The van der Waals surface area contributed by atoms with Crippen LogP contribution in [0.5, 0.6) is 0 Å². The van der Waals surface area contributed by atoms with Crippen molar-refractivity contribution in [1.82, 2.24) is 10.3 Å². The van der Waals surface area contributed by atoms with Crippen LogP contribution < -0.4 is 5.32 Å². The number of nitrogens with zero attached hydrogens (tertiary/aromatic N) is 1. The Morgan fingerprint density at radius 2 is 2.50 bits per heavy atom. The second-order valence-corrected chi connectivity index (χ2v) is 4.21. The summed E-state index contributed by atoms with van der Waals surface area (Å²) in [5.41, 5.74) is 2.27. The minimum Gasteiger partial charge on any atom is -0.317 e. The smallest absolute Gasteiger partial charge is 0.143 e. The normalized spacial score (nSPS) is 18.4. The summed E-state index contributed by atoms with van der Waals surface area (Å²) < 4.78 is 0. The molecule has 0 saturated carbocycles. The van der Waals surface area contributed by atoms with E-state index in [0.717, 1.165) is 31.6 Å². The largest absolute Gasteiger partial charge is 0.317 e. The molecule has 0 amide bonds. The van der Waals surface area contributed by atoms with E-state index in [4.69, 9.17) is 0 Å². The zero-order valence-electron chi connectivity index (χ0n) is 9.70. The van der Waals surface area contributed by atoms with Gasteiger partial charge in [-0.05, 0) is 31.0 Å². The van der Waals surface area contributed by atoms with Gasteiger partial charge in [-0.25, -0.2) is 0 Å². The lowest BCUT2D eigenvalue weighted by atomic mass is 9.99. The van der Waals surface area contributed by atoms with Gasteiger partial charge in [0.2, 0.25) is 0 Å². The van der Waals surface area contributed by atoms with E-state index >= 15 is 0 Å². The van der Waals surface area contributed by atoms with E-state index in [0.29, 0.717) is 12.2 Å². The summed E-state index contributed by atoms with van der Waals surface area (Å²) in [5, 5.41) is 3.19. The minimum atomic E-state index is 0.0508. The zero-order valence-corrected chi connectivity index (χ0v) is 9.70. The number of aromatic nitrogens is 1. The summed E-state index contributed by atoms with van der Waals surface area (Å²) in [6, 6.07) is 4.03. The SMILES string of the molecule is CCNCCC(=O)C1CCc2cccnc21. The number of nitrogens with one attached hydrogen (secondary N) is 1. The van der Waals surface area contributed by atoms with Gasteiger partial charge in [-0.1, -0.05) is 13.0 Å². The first-order valence-corrected chi connectivity index (χ1v) is 6.00. The molecule has 1 aliphatic rings. The third-order valence-electron chi connectivity index (χ3n) is 3.15. The van der Waals surface area contributed by atoms with Gasteiger partial charge in [-0.15, -0.1) is 0 Å². The molecule has 86 valence electrons. The van der Waals surface area contributed by atoms with Crippen LogP contribution in [0, 0.1) is 0 Å². The van der Waals surface area contributed by atoms with Crippen LogP contribution >= 0.6 is 0 Å². The van der Waals surface area contributed by atoms with Crippen molar-refractivity contribution < 1.29 is 4.79 Å². The van der Waals surface area contributed by atoms with Crippen LogP contribution in [-0.4, -0.2) is 23.9 Å². The number of carbonyl (C=O) groups excluding carboxylic acids is 1. The van der Waals surface area contributed by atoms with Crippen LogP contribution in [0.15, 0.2) is 18.3 Å². The number of ketones is 1. The average molecular weight is 218 g/mol. The van der Waals surface area contributed by atoms with Crippen LogP contribution in [0.4, 0.5) is 0 Å². The molecule has 0 aliphatic heterocycles. The van der Waals surface area contributed by atoms with Crippen molar-refractivity contribution in [3.05, 3.63) is 29.6 Å². The molecule has 0 radical (unpaired) electrons. The maximum Gasteiger partial charge on any atom is 0.143 e. The fourth-order valence-electron chi connectivity index (χ4n) is 2.29. The first-order valence-electron chi connectivity index (χ1n) is 6.00. The molecule has 1 heterocycles. The van der Waals surface area contributed by atoms with Crippen molar-refractivity contribution in [2.45, 2.75) is 32.1 Å². The lowest BCUT2D eigenvalue weighted by Crippen LogP contribution is -2.20. The molecule has 1 N–H and O–H groups in total.